The molecule has 4 nitrogen and oxygen atoms in total. The first-order chi connectivity index (χ1) is 16.1. The lowest BCUT2D eigenvalue weighted by Gasteiger charge is -2.73. The van der Waals surface area contributed by atoms with Crippen LogP contribution in [0.4, 0.5) is 0 Å². The maximum absolute atomic E-state index is 13.2. The molecule has 0 amide bonds. The van der Waals surface area contributed by atoms with Crippen LogP contribution in [-0.4, -0.2) is 39.4 Å². The van der Waals surface area contributed by atoms with E-state index in [1.807, 2.05) is 20.8 Å². The summed E-state index contributed by atoms with van der Waals surface area (Å²) in [6.07, 6.45) is 5.46. The van der Waals surface area contributed by atoms with E-state index in [0.29, 0.717) is 35.9 Å². The monoisotopic (exact) mass is 486 g/mol. The van der Waals surface area contributed by atoms with Crippen LogP contribution in [0.15, 0.2) is 12.2 Å². The fourth-order valence-corrected chi connectivity index (χ4v) is 12.1. The second kappa shape index (κ2) is 7.67. The molecule has 0 saturated heterocycles. The Balaban J connectivity index is 1.61. The van der Waals surface area contributed by atoms with Gasteiger partial charge < -0.3 is 15.3 Å². The molecule has 5 saturated carbocycles. The Morgan fingerprint density at radius 2 is 1.49 bits per heavy atom. The van der Waals surface area contributed by atoms with Crippen molar-refractivity contribution < 1.29 is 20.1 Å². The Morgan fingerprint density at radius 1 is 0.829 bits per heavy atom. The number of ketones is 1. The molecule has 0 aromatic carbocycles. The SMILES string of the molecule is C=C(C)[C@@H]1CC[C@]2(C(C)=O)CC[C@]3(C)[C@@H](CC[C@@H]4[C@@]5(C)C[C@@H](O)[C@H](O)C(C)(C)[C@H]5[C@@H](O)C[C@]43C)[C@@H]12. The summed E-state index contributed by atoms with van der Waals surface area (Å²) in [6, 6.07) is 0. The molecule has 0 heterocycles. The minimum absolute atomic E-state index is 0.0255. The molecule has 0 bridgehead atoms. The summed E-state index contributed by atoms with van der Waals surface area (Å²) in [5, 5.41) is 33.8. The number of fused-ring (bicyclic) bond motifs is 7. The molecule has 35 heavy (non-hydrogen) atoms. The zero-order valence-electron chi connectivity index (χ0n) is 23.2. The zero-order chi connectivity index (χ0) is 25.9. The Kier molecular flexibility index (Phi) is 5.68. The predicted octanol–water partition coefficient (Wildman–Crippen LogP) is 5.54. The van der Waals surface area contributed by atoms with Gasteiger partial charge in [-0.3, -0.25) is 4.79 Å². The Morgan fingerprint density at radius 3 is 2.09 bits per heavy atom. The number of carbonyl (C=O) groups is 1. The van der Waals surface area contributed by atoms with Crippen LogP contribution >= 0.6 is 0 Å². The molecule has 0 radical (unpaired) electrons. The van der Waals surface area contributed by atoms with Crippen molar-refractivity contribution in [2.45, 2.75) is 118 Å². The summed E-state index contributed by atoms with van der Waals surface area (Å²) < 4.78 is 0. The lowest BCUT2D eigenvalue weighted by atomic mass is 9.31. The molecule has 4 heteroatoms. The molecule has 0 aromatic heterocycles. The van der Waals surface area contributed by atoms with Gasteiger partial charge in [-0.1, -0.05) is 46.8 Å². The highest BCUT2D eigenvalue weighted by molar-refractivity contribution is 5.83. The first-order valence-electron chi connectivity index (χ1n) is 14.3. The van der Waals surface area contributed by atoms with E-state index in [1.165, 1.54) is 5.57 Å². The fraction of sp³-hybridized carbons (Fsp3) is 0.903. The lowest BCUT2D eigenvalue weighted by Crippen LogP contribution is -2.71. The standard InChI is InChI=1S/C31H50O4/c1-17(2)19-11-12-31(18(3)32)14-13-29(7)20(24(19)31)9-10-23-28(6)15-22(34)26(35)27(4,5)25(28)21(33)16-30(23,29)8/h19-26,33-35H,1,9-16H2,2-8H3/t19-,20-,21-,22+,23+,24+,25+,26-,28+,29+,30+,31+/m0/s1. The first-order valence-corrected chi connectivity index (χ1v) is 14.3. The number of carbonyl (C=O) groups excluding carboxylic acids is 1. The van der Waals surface area contributed by atoms with Crippen LogP contribution in [0, 0.1) is 56.7 Å². The molecule has 198 valence electrons. The van der Waals surface area contributed by atoms with Crippen molar-refractivity contribution in [2.75, 3.05) is 0 Å². The molecule has 0 aliphatic heterocycles. The fourth-order valence-electron chi connectivity index (χ4n) is 12.1. The van der Waals surface area contributed by atoms with Crippen LogP contribution in [0.3, 0.4) is 0 Å². The van der Waals surface area contributed by atoms with E-state index in [0.717, 1.165) is 44.9 Å². The van der Waals surface area contributed by atoms with Gasteiger partial charge in [0.05, 0.1) is 18.3 Å². The number of allylic oxidation sites excluding steroid dienone is 1. The zero-order valence-corrected chi connectivity index (χ0v) is 23.2. The van der Waals surface area contributed by atoms with Gasteiger partial charge in [0, 0.05) is 5.41 Å². The molecular formula is C31H50O4. The van der Waals surface area contributed by atoms with Gasteiger partial charge in [-0.2, -0.15) is 0 Å². The molecular weight excluding hydrogens is 436 g/mol. The molecule has 0 aromatic rings. The van der Waals surface area contributed by atoms with E-state index in [-0.39, 0.29) is 27.6 Å². The maximum atomic E-state index is 13.2. The smallest absolute Gasteiger partial charge is 0.136 e. The highest BCUT2D eigenvalue weighted by Crippen LogP contribution is 2.77. The Bertz CT molecular complexity index is 925. The second-order valence-electron chi connectivity index (χ2n) is 15.1. The van der Waals surface area contributed by atoms with Crippen molar-refractivity contribution in [3.63, 3.8) is 0 Å². The third-order valence-corrected chi connectivity index (χ3v) is 13.6. The van der Waals surface area contributed by atoms with Gasteiger partial charge in [-0.15, -0.1) is 0 Å². The van der Waals surface area contributed by atoms with Crippen LogP contribution in [-0.2, 0) is 4.79 Å². The number of hydrogen-bond donors (Lipinski definition) is 3. The molecule has 5 aliphatic carbocycles. The van der Waals surface area contributed by atoms with E-state index in [4.69, 9.17) is 0 Å². The predicted molar refractivity (Wildman–Crippen MR) is 138 cm³/mol. The molecule has 3 N–H and O–H groups in total. The van der Waals surface area contributed by atoms with Gasteiger partial charge in [-0.25, -0.2) is 0 Å². The first kappa shape index (κ1) is 25.9. The van der Waals surface area contributed by atoms with Crippen molar-refractivity contribution in [3.8, 4) is 0 Å². The van der Waals surface area contributed by atoms with Gasteiger partial charge in [0.25, 0.3) is 0 Å². The summed E-state index contributed by atoms with van der Waals surface area (Å²) in [5.74, 6) is 1.92. The summed E-state index contributed by atoms with van der Waals surface area (Å²) in [7, 11) is 0. The Labute approximate surface area is 213 Å². The molecule has 5 rings (SSSR count). The van der Waals surface area contributed by atoms with E-state index >= 15 is 0 Å². The van der Waals surface area contributed by atoms with Gasteiger partial charge in [-0.05, 0) is 116 Å². The van der Waals surface area contributed by atoms with E-state index in [9.17, 15) is 20.1 Å². The molecule has 5 aliphatic rings. The minimum atomic E-state index is -0.813. The number of hydrogen-bond acceptors (Lipinski definition) is 4. The summed E-state index contributed by atoms with van der Waals surface area (Å²) >= 11 is 0. The van der Waals surface area contributed by atoms with Crippen molar-refractivity contribution in [2.24, 2.45) is 56.7 Å². The van der Waals surface area contributed by atoms with Crippen LogP contribution < -0.4 is 0 Å². The van der Waals surface area contributed by atoms with Crippen molar-refractivity contribution in [3.05, 3.63) is 12.2 Å². The lowest BCUT2D eigenvalue weighted by molar-refractivity contribution is -0.288. The summed E-state index contributed by atoms with van der Waals surface area (Å²) in [6.45, 7) is 19.7. The van der Waals surface area contributed by atoms with E-state index < -0.39 is 23.7 Å². The normalized spacial score (nSPS) is 56.9. The van der Waals surface area contributed by atoms with Crippen LogP contribution in [0.1, 0.15) is 99.8 Å². The third kappa shape index (κ3) is 3.00. The molecule has 5 fully saturated rings. The quantitative estimate of drug-likeness (QED) is 0.448. The highest BCUT2D eigenvalue weighted by Gasteiger charge is 2.73. The largest absolute Gasteiger partial charge is 0.393 e. The minimum Gasteiger partial charge on any atom is -0.393 e. The van der Waals surface area contributed by atoms with Crippen LogP contribution in [0.2, 0.25) is 0 Å². The van der Waals surface area contributed by atoms with Gasteiger partial charge in [0.1, 0.15) is 5.78 Å². The number of aliphatic hydroxyl groups excluding tert-OH is 3. The summed E-state index contributed by atoms with van der Waals surface area (Å²) in [4.78, 5) is 13.2. The average molecular weight is 487 g/mol. The van der Waals surface area contributed by atoms with E-state index in [1.54, 1.807) is 0 Å². The Hall–Kier alpha value is -0.710. The van der Waals surface area contributed by atoms with Crippen LogP contribution in [0.25, 0.3) is 0 Å². The van der Waals surface area contributed by atoms with Crippen molar-refractivity contribution in [1.82, 2.24) is 0 Å². The number of rotatable bonds is 2. The van der Waals surface area contributed by atoms with Crippen molar-refractivity contribution in [1.29, 1.82) is 0 Å². The van der Waals surface area contributed by atoms with Gasteiger partial charge in [0.15, 0.2) is 0 Å². The van der Waals surface area contributed by atoms with Gasteiger partial charge in [0.2, 0.25) is 0 Å². The molecule has 12 atom stereocenters. The third-order valence-electron chi connectivity index (χ3n) is 13.6. The summed E-state index contributed by atoms with van der Waals surface area (Å²) in [5.41, 5.74) is 0.195. The molecule has 0 unspecified atom stereocenters. The van der Waals surface area contributed by atoms with E-state index in [2.05, 4.69) is 34.3 Å². The van der Waals surface area contributed by atoms with Crippen LogP contribution in [0.5, 0.6) is 0 Å². The van der Waals surface area contributed by atoms with Crippen molar-refractivity contribution >= 4 is 5.78 Å². The number of aliphatic hydroxyl groups is 3. The maximum Gasteiger partial charge on any atom is 0.136 e. The number of Topliss-reactive ketones (excluding diaryl/α,β-unsaturated/α-hetero) is 1. The van der Waals surface area contributed by atoms with Gasteiger partial charge >= 0.3 is 0 Å². The average Bonchev–Trinajstić information content (AvgIpc) is 3.13. The topological polar surface area (TPSA) is 77.8 Å². The second-order valence-corrected chi connectivity index (χ2v) is 15.1. The highest BCUT2D eigenvalue weighted by atomic mass is 16.3. The molecule has 0 spiro atoms.